The molecule has 2 heterocycles. The van der Waals surface area contributed by atoms with Gasteiger partial charge in [-0.05, 0) is 49.1 Å². The van der Waals surface area contributed by atoms with Crippen LogP contribution in [0.25, 0.3) is 0 Å². The third-order valence-corrected chi connectivity index (χ3v) is 5.56. The van der Waals surface area contributed by atoms with Gasteiger partial charge >= 0.3 is 18.2 Å². The highest BCUT2D eigenvalue weighted by Crippen LogP contribution is 2.34. The van der Waals surface area contributed by atoms with Crippen LogP contribution in [0.2, 0.25) is 0 Å². The largest absolute Gasteiger partial charge is 0.481 e. The molecule has 3 rings (SSSR count). The highest BCUT2D eigenvalue weighted by atomic mass is 19.4. The number of carboxylic acids is 1. The van der Waals surface area contributed by atoms with Gasteiger partial charge in [-0.3, -0.25) is 9.78 Å². The van der Waals surface area contributed by atoms with Gasteiger partial charge in [0, 0.05) is 31.5 Å². The van der Waals surface area contributed by atoms with Crippen molar-refractivity contribution in [1.29, 1.82) is 0 Å². The Kier molecular flexibility index (Phi) is 7.71. The Balaban J connectivity index is 1.59. The SMILES string of the molecule is O=C(O)CC(c1cccc(C(F)(F)F)c1)N1CCN(CCCCCc2ccccn2)C1=O. The van der Waals surface area contributed by atoms with Gasteiger partial charge in [-0.2, -0.15) is 13.2 Å². The number of pyridine rings is 1. The van der Waals surface area contributed by atoms with Crippen molar-refractivity contribution in [2.45, 2.75) is 44.3 Å². The van der Waals surface area contributed by atoms with Crippen LogP contribution < -0.4 is 0 Å². The number of carbonyl (C=O) groups excluding carboxylic acids is 1. The minimum absolute atomic E-state index is 0.174. The molecule has 172 valence electrons. The van der Waals surface area contributed by atoms with Crippen LogP contribution in [0.5, 0.6) is 0 Å². The molecule has 2 aromatic rings. The van der Waals surface area contributed by atoms with Crippen LogP contribution in [0.4, 0.5) is 18.0 Å². The molecule has 1 aromatic heterocycles. The highest BCUT2D eigenvalue weighted by Gasteiger charge is 2.37. The number of nitrogens with zero attached hydrogens (tertiary/aromatic N) is 3. The number of aryl methyl sites for hydroxylation is 1. The Morgan fingerprint density at radius 2 is 1.91 bits per heavy atom. The number of hydrogen-bond acceptors (Lipinski definition) is 3. The lowest BCUT2D eigenvalue weighted by Crippen LogP contribution is -2.36. The van der Waals surface area contributed by atoms with Crippen LogP contribution >= 0.6 is 0 Å². The summed E-state index contributed by atoms with van der Waals surface area (Å²) in [6.07, 6.45) is 0.258. The molecule has 0 saturated carbocycles. The number of alkyl halides is 3. The number of halogens is 3. The van der Waals surface area contributed by atoms with E-state index >= 15 is 0 Å². The fourth-order valence-corrected chi connectivity index (χ4v) is 3.93. The molecule has 2 amide bonds. The first-order valence-corrected chi connectivity index (χ1v) is 10.6. The Labute approximate surface area is 184 Å². The van der Waals surface area contributed by atoms with Gasteiger partial charge in [-0.15, -0.1) is 0 Å². The minimum Gasteiger partial charge on any atom is -0.481 e. The lowest BCUT2D eigenvalue weighted by atomic mass is 10.00. The first-order valence-electron chi connectivity index (χ1n) is 10.6. The number of urea groups is 1. The average Bonchev–Trinajstić information content (AvgIpc) is 3.12. The lowest BCUT2D eigenvalue weighted by Gasteiger charge is -2.28. The molecule has 1 N–H and O–H groups in total. The third-order valence-electron chi connectivity index (χ3n) is 5.56. The number of aliphatic carboxylic acids is 1. The van der Waals surface area contributed by atoms with E-state index in [1.165, 1.54) is 17.0 Å². The number of rotatable bonds is 10. The smallest absolute Gasteiger partial charge is 0.416 e. The molecule has 32 heavy (non-hydrogen) atoms. The summed E-state index contributed by atoms with van der Waals surface area (Å²) >= 11 is 0. The molecule has 1 aliphatic heterocycles. The quantitative estimate of drug-likeness (QED) is 0.531. The monoisotopic (exact) mass is 449 g/mol. The van der Waals surface area contributed by atoms with Gasteiger partial charge < -0.3 is 14.9 Å². The van der Waals surface area contributed by atoms with Crippen molar-refractivity contribution in [3.63, 3.8) is 0 Å². The summed E-state index contributed by atoms with van der Waals surface area (Å²) in [4.78, 5) is 31.6. The number of unbranched alkanes of at least 4 members (excludes halogenated alkanes) is 2. The maximum atomic E-state index is 13.1. The number of carbonyl (C=O) groups is 2. The first kappa shape index (κ1) is 23.6. The Bertz CT molecular complexity index is 921. The molecule has 1 fully saturated rings. The average molecular weight is 449 g/mol. The summed E-state index contributed by atoms with van der Waals surface area (Å²) in [6, 6.07) is 9.05. The molecule has 0 radical (unpaired) electrons. The van der Waals surface area contributed by atoms with Gasteiger partial charge in [-0.1, -0.05) is 24.6 Å². The normalized spacial score (nSPS) is 15.3. The summed E-state index contributed by atoms with van der Waals surface area (Å²) in [7, 11) is 0. The van der Waals surface area contributed by atoms with Crippen LogP contribution in [-0.2, 0) is 17.4 Å². The van der Waals surface area contributed by atoms with Crippen LogP contribution in [0.15, 0.2) is 48.7 Å². The molecule has 1 atom stereocenters. The van der Waals surface area contributed by atoms with Gasteiger partial charge in [0.15, 0.2) is 0 Å². The van der Waals surface area contributed by atoms with Gasteiger partial charge in [0.2, 0.25) is 0 Å². The van der Waals surface area contributed by atoms with Crippen molar-refractivity contribution >= 4 is 12.0 Å². The number of hydrogen-bond donors (Lipinski definition) is 1. The van der Waals surface area contributed by atoms with Gasteiger partial charge in [0.1, 0.15) is 0 Å². The van der Waals surface area contributed by atoms with Crippen LogP contribution in [0.1, 0.15) is 48.5 Å². The molecule has 1 saturated heterocycles. The van der Waals surface area contributed by atoms with E-state index in [-0.39, 0.29) is 18.1 Å². The Morgan fingerprint density at radius 3 is 2.59 bits per heavy atom. The maximum Gasteiger partial charge on any atom is 0.416 e. The van der Waals surface area contributed by atoms with Crippen LogP contribution in [0, 0.1) is 0 Å². The van der Waals surface area contributed by atoms with Crippen molar-refractivity contribution < 1.29 is 27.9 Å². The number of benzene rings is 1. The Hall–Kier alpha value is -3.10. The summed E-state index contributed by atoms with van der Waals surface area (Å²) in [5.74, 6) is -1.17. The minimum atomic E-state index is -4.54. The van der Waals surface area contributed by atoms with Crippen molar-refractivity contribution in [3.05, 3.63) is 65.5 Å². The van der Waals surface area contributed by atoms with Gasteiger partial charge in [0.25, 0.3) is 0 Å². The van der Waals surface area contributed by atoms with Crippen molar-refractivity contribution in [2.75, 3.05) is 19.6 Å². The number of carboxylic acid groups (broad SMARTS) is 1. The topological polar surface area (TPSA) is 73.7 Å². The number of amides is 2. The zero-order valence-electron chi connectivity index (χ0n) is 17.6. The van der Waals surface area contributed by atoms with E-state index in [9.17, 15) is 27.9 Å². The molecular weight excluding hydrogens is 423 g/mol. The van der Waals surface area contributed by atoms with E-state index in [1.807, 2.05) is 18.2 Å². The molecular formula is C23H26F3N3O3. The van der Waals surface area contributed by atoms with Crippen LogP contribution in [0.3, 0.4) is 0 Å². The molecule has 0 bridgehead atoms. The molecule has 1 unspecified atom stereocenters. The second kappa shape index (κ2) is 10.5. The van der Waals surface area contributed by atoms with Crippen molar-refractivity contribution in [2.24, 2.45) is 0 Å². The first-order chi connectivity index (χ1) is 15.3. The molecule has 6 nitrogen and oxygen atoms in total. The fourth-order valence-electron chi connectivity index (χ4n) is 3.93. The predicted molar refractivity (Wildman–Crippen MR) is 112 cm³/mol. The maximum absolute atomic E-state index is 13.1. The van der Waals surface area contributed by atoms with Gasteiger partial charge in [0.05, 0.1) is 18.0 Å². The molecule has 1 aromatic carbocycles. The second-order valence-corrected chi connectivity index (χ2v) is 7.83. The van der Waals surface area contributed by atoms with Crippen LogP contribution in [-0.4, -0.2) is 51.5 Å². The summed E-state index contributed by atoms with van der Waals surface area (Å²) in [5.41, 5.74) is 0.336. The molecule has 0 spiro atoms. The van der Waals surface area contributed by atoms with E-state index in [4.69, 9.17) is 0 Å². The summed E-state index contributed by atoms with van der Waals surface area (Å²) in [5, 5.41) is 9.30. The predicted octanol–water partition coefficient (Wildman–Crippen LogP) is 4.77. The molecule has 9 heteroatoms. The zero-order chi connectivity index (χ0) is 23.1. The summed E-state index contributed by atoms with van der Waals surface area (Å²) in [6.45, 7) is 1.23. The van der Waals surface area contributed by atoms with E-state index in [0.717, 1.165) is 43.5 Å². The molecule has 0 aliphatic carbocycles. The highest BCUT2D eigenvalue weighted by molar-refractivity contribution is 5.78. The van der Waals surface area contributed by atoms with Gasteiger partial charge in [-0.25, -0.2) is 4.79 Å². The second-order valence-electron chi connectivity index (χ2n) is 7.83. The van der Waals surface area contributed by atoms with Crippen molar-refractivity contribution in [1.82, 2.24) is 14.8 Å². The zero-order valence-corrected chi connectivity index (χ0v) is 17.6. The molecule has 1 aliphatic rings. The lowest BCUT2D eigenvalue weighted by molar-refractivity contribution is -0.138. The van der Waals surface area contributed by atoms with Crippen molar-refractivity contribution in [3.8, 4) is 0 Å². The Morgan fingerprint density at radius 1 is 1.09 bits per heavy atom. The summed E-state index contributed by atoms with van der Waals surface area (Å²) < 4.78 is 39.3. The van der Waals surface area contributed by atoms with E-state index in [0.29, 0.717) is 13.1 Å². The third kappa shape index (κ3) is 6.21. The van der Waals surface area contributed by atoms with E-state index in [2.05, 4.69) is 4.98 Å². The number of aromatic nitrogens is 1. The van der Waals surface area contributed by atoms with E-state index in [1.54, 1.807) is 11.1 Å². The standard InChI is InChI=1S/C23H26F3N3O3/c24-23(25,26)18-8-6-7-17(15-18)20(16-21(30)31)29-14-13-28(22(29)32)12-5-1-2-9-19-10-3-4-11-27-19/h3-4,6-8,10-11,15,20H,1-2,5,9,12-14,16H2,(H,30,31). The fraction of sp³-hybridized carbons (Fsp3) is 0.435. The van der Waals surface area contributed by atoms with E-state index < -0.39 is 30.2 Å².